The van der Waals surface area contributed by atoms with Crippen molar-refractivity contribution in [3.05, 3.63) is 57.9 Å². The topological polar surface area (TPSA) is 150 Å². The number of carbonyl (C=O) groups excluding carboxylic acids is 2. The van der Waals surface area contributed by atoms with E-state index >= 15 is 0 Å². The molecule has 0 aromatic carbocycles. The average Bonchev–Trinajstić information content (AvgIpc) is 3.38. The van der Waals surface area contributed by atoms with Crippen LogP contribution < -0.4 is 21.5 Å². The summed E-state index contributed by atoms with van der Waals surface area (Å²) in [5.41, 5.74) is -0.285. The van der Waals surface area contributed by atoms with Crippen LogP contribution in [-0.2, 0) is 23.2 Å². The van der Waals surface area contributed by atoms with E-state index in [4.69, 9.17) is 0 Å². The number of carbonyl (C=O) groups is 2. The molecule has 2 unspecified atom stereocenters. The maximum atomic E-state index is 13.5. The molecule has 0 spiro atoms. The van der Waals surface area contributed by atoms with E-state index in [1.165, 1.54) is 37.3 Å². The molecular weight excluding hydrogens is 540 g/mol. The number of aryl methyl sites for hydroxylation is 1. The summed E-state index contributed by atoms with van der Waals surface area (Å²) in [6.07, 6.45) is 5.72. The Morgan fingerprint density at radius 2 is 1.85 bits per heavy atom. The fraction of sp³-hybridized carbons (Fsp3) is 0.385. The van der Waals surface area contributed by atoms with Crippen LogP contribution in [0.3, 0.4) is 0 Å². The summed E-state index contributed by atoms with van der Waals surface area (Å²) in [4.78, 5) is 69.5. The zero-order valence-corrected chi connectivity index (χ0v) is 22.3. The van der Waals surface area contributed by atoms with E-state index in [2.05, 4.69) is 25.3 Å². The third-order valence-electron chi connectivity index (χ3n) is 7.69. The predicted molar refractivity (Wildman–Crippen MR) is 143 cm³/mol. The molecule has 1 saturated carbocycles. The Kier molecular flexibility index (Phi) is 6.04. The molecule has 41 heavy (non-hydrogen) atoms. The molecule has 6 rings (SSSR count). The highest BCUT2D eigenvalue weighted by Crippen LogP contribution is 2.59. The monoisotopic (exact) mass is 565 g/mol. The van der Waals surface area contributed by atoms with Crippen molar-refractivity contribution < 1.29 is 18.4 Å². The molecule has 4 aromatic rings. The molecule has 5 heterocycles. The van der Waals surface area contributed by atoms with Crippen LogP contribution in [0.5, 0.6) is 0 Å². The van der Waals surface area contributed by atoms with Crippen molar-refractivity contribution in [1.29, 1.82) is 0 Å². The van der Waals surface area contributed by atoms with Crippen molar-refractivity contribution in [3.63, 3.8) is 0 Å². The molecular formula is C26H25F2N9O4. The number of hydrogen-bond acceptors (Lipinski definition) is 9. The van der Waals surface area contributed by atoms with Gasteiger partial charge in [0.1, 0.15) is 17.6 Å². The fourth-order valence-corrected chi connectivity index (χ4v) is 5.29. The van der Waals surface area contributed by atoms with Crippen LogP contribution in [0.25, 0.3) is 22.4 Å². The molecule has 4 aromatic heterocycles. The van der Waals surface area contributed by atoms with Crippen LogP contribution in [0.4, 0.5) is 20.4 Å². The molecule has 2 aliphatic rings. The van der Waals surface area contributed by atoms with E-state index in [0.29, 0.717) is 17.1 Å². The highest BCUT2D eigenvalue weighted by Gasteiger charge is 2.71. The number of halogens is 2. The van der Waals surface area contributed by atoms with Crippen LogP contribution in [0.15, 0.2) is 46.6 Å². The van der Waals surface area contributed by atoms with Crippen LogP contribution in [0.1, 0.15) is 19.9 Å². The second kappa shape index (κ2) is 9.38. The second-order valence-corrected chi connectivity index (χ2v) is 10.4. The molecule has 0 bridgehead atoms. The number of imidazole rings is 1. The van der Waals surface area contributed by atoms with E-state index in [9.17, 15) is 28.0 Å². The van der Waals surface area contributed by atoms with Crippen molar-refractivity contribution in [2.45, 2.75) is 32.4 Å². The maximum absolute atomic E-state index is 13.5. The number of fused-ring (bicyclic) bond motifs is 2. The molecule has 1 amide bonds. The van der Waals surface area contributed by atoms with Gasteiger partial charge in [-0.05, 0) is 26.0 Å². The Labute approximate surface area is 230 Å². The van der Waals surface area contributed by atoms with E-state index < -0.39 is 47.5 Å². The number of piperidine rings is 1. The first-order valence-corrected chi connectivity index (χ1v) is 12.8. The number of amides is 1. The molecule has 15 heteroatoms. The number of rotatable bonds is 7. The second-order valence-electron chi connectivity index (χ2n) is 10.4. The lowest BCUT2D eigenvalue weighted by molar-refractivity contribution is -0.119. The number of Topliss-reactive ketones (excluding diaryl/α,β-unsaturated/α-hetero) is 1. The van der Waals surface area contributed by atoms with Gasteiger partial charge in [0.15, 0.2) is 17.0 Å². The zero-order valence-electron chi connectivity index (χ0n) is 22.3. The first kappa shape index (κ1) is 26.4. The molecule has 1 aliphatic carbocycles. The quantitative estimate of drug-likeness (QED) is 0.349. The standard InChI is InChI=1S/C26H25F2N9O4/c1-13(38)9-36-24(40)21-22(34(3)25(36)41)31-12-37(21)14(2)23(39)33-19-8-29-7-18(32-19)15-4-5-20(30-6-15)35-10-16-17(11-35)26(16,27)28/h4-8,12,14,16-17H,9-11H2,1-3H3,(H,32,33,39)/t14-,16?,17?/m0/s1. The van der Waals surface area contributed by atoms with Crippen LogP contribution in [0, 0.1) is 11.8 Å². The van der Waals surface area contributed by atoms with Crippen molar-refractivity contribution in [2.24, 2.45) is 18.9 Å². The number of alkyl halides is 2. The zero-order chi connectivity index (χ0) is 29.2. The van der Waals surface area contributed by atoms with E-state index in [1.807, 2.05) is 4.90 Å². The molecule has 0 radical (unpaired) electrons. The molecule has 1 saturated heterocycles. The number of nitrogens with zero attached hydrogens (tertiary/aromatic N) is 8. The number of ketones is 1. The van der Waals surface area contributed by atoms with E-state index in [0.717, 1.165) is 9.13 Å². The van der Waals surface area contributed by atoms with E-state index in [1.54, 1.807) is 25.3 Å². The Morgan fingerprint density at radius 3 is 2.51 bits per heavy atom. The summed E-state index contributed by atoms with van der Waals surface area (Å²) in [6, 6.07) is 2.56. The van der Waals surface area contributed by atoms with Crippen molar-refractivity contribution in [2.75, 3.05) is 23.3 Å². The minimum atomic E-state index is -2.56. The molecule has 212 valence electrons. The minimum absolute atomic E-state index is 0.000948. The fourth-order valence-electron chi connectivity index (χ4n) is 5.29. The lowest BCUT2D eigenvalue weighted by Crippen LogP contribution is -2.41. The van der Waals surface area contributed by atoms with Crippen molar-refractivity contribution >= 4 is 34.5 Å². The van der Waals surface area contributed by atoms with Crippen LogP contribution >= 0.6 is 0 Å². The number of pyridine rings is 1. The van der Waals surface area contributed by atoms with Gasteiger partial charge in [0.05, 0.1) is 42.8 Å². The Bertz CT molecular complexity index is 1820. The lowest BCUT2D eigenvalue weighted by atomic mass is 10.2. The van der Waals surface area contributed by atoms with Gasteiger partial charge in [-0.2, -0.15) is 0 Å². The first-order chi connectivity index (χ1) is 19.5. The number of anilines is 2. The smallest absolute Gasteiger partial charge is 0.332 e. The van der Waals surface area contributed by atoms with Gasteiger partial charge in [-0.25, -0.2) is 28.5 Å². The summed E-state index contributed by atoms with van der Waals surface area (Å²) in [6.45, 7) is 2.96. The third-order valence-corrected chi connectivity index (χ3v) is 7.69. The Morgan fingerprint density at radius 1 is 1.12 bits per heavy atom. The normalized spacial score (nSPS) is 19.7. The van der Waals surface area contributed by atoms with Crippen LogP contribution in [-0.4, -0.2) is 64.3 Å². The minimum Gasteiger partial charge on any atom is -0.356 e. The third kappa shape index (κ3) is 4.37. The number of nitrogens with one attached hydrogen (secondary N) is 1. The molecule has 2 fully saturated rings. The SMILES string of the molecule is CC(=O)Cn1c(=O)c2c(ncn2[C@@H](C)C(=O)Nc2cncc(-c3ccc(N4CC5C(C4)C5(F)F)nc3)n2)n(C)c1=O. The van der Waals surface area contributed by atoms with Gasteiger partial charge >= 0.3 is 5.69 Å². The number of hydrogen-bond donors (Lipinski definition) is 1. The number of aromatic nitrogens is 7. The first-order valence-electron chi connectivity index (χ1n) is 12.8. The molecule has 1 aliphatic heterocycles. The van der Waals surface area contributed by atoms with Gasteiger partial charge in [-0.3, -0.25) is 28.5 Å². The summed E-state index contributed by atoms with van der Waals surface area (Å²) in [7, 11) is 1.43. The average molecular weight is 566 g/mol. The highest BCUT2D eigenvalue weighted by atomic mass is 19.3. The largest absolute Gasteiger partial charge is 0.356 e. The van der Waals surface area contributed by atoms with Gasteiger partial charge in [-0.1, -0.05) is 0 Å². The summed E-state index contributed by atoms with van der Waals surface area (Å²) < 4.78 is 30.3. The highest BCUT2D eigenvalue weighted by molar-refractivity contribution is 5.93. The van der Waals surface area contributed by atoms with Gasteiger partial charge < -0.3 is 14.8 Å². The van der Waals surface area contributed by atoms with Crippen LogP contribution in [0.2, 0.25) is 0 Å². The van der Waals surface area contributed by atoms with Gasteiger partial charge in [0.25, 0.3) is 11.5 Å². The lowest BCUT2D eigenvalue weighted by Gasteiger charge is -2.20. The van der Waals surface area contributed by atoms with Gasteiger partial charge in [-0.15, -0.1) is 0 Å². The summed E-state index contributed by atoms with van der Waals surface area (Å²) in [5, 5.41) is 2.68. The van der Waals surface area contributed by atoms with Crippen molar-refractivity contribution in [1.82, 2.24) is 33.6 Å². The van der Waals surface area contributed by atoms with Crippen molar-refractivity contribution in [3.8, 4) is 11.3 Å². The van der Waals surface area contributed by atoms with Gasteiger partial charge in [0, 0.05) is 31.9 Å². The molecule has 3 atom stereocenters. The molecule has 1 N–H and O–H groups in total. The summed E-state index contributed by atoms with van der Waals surface area (Å²) in [5.74, 6) is -3.92. The summed E-state index contributed by atoms with van der Waals surface area (Å²) >= 11 is 0. The predicted octanol–water partition coefficient (Wildman–Crippen LogP) is 1.24. The van der Waals surface area contributed by atoms with Gasteiger partial charge in [0.2, 0.25) is 5.91 Å². The molecule has 13 nitrogen and oxygen atoms in total. The van der Waals surface area contributed by atoms with E-state index in [-0.39, 0.29) is 35.9 Å². The maximum Gasteiger partial charge on any atom is 0.332 e. The Balaban J connectivity index is 1.20. The Hall–Kier alpha value is -4.82.